The van der Waals surface area contributed by atoms with Gasteiger partial charge in [-0.15, -0.1) is 10.2 Å². The number of nitro benzene ring substituents is 1. The summed E-state index contributed by atoms with van der Waals surface area (Å²) in [5.74, 6) is -0.0433. The predicted molar refractivity (Wildman–Crippen MR) is 128 cm³/mol. The minimum Gasteiger partial charge on any atom is -0.411 e. The van der Waals surface area contributed by atoms with Gasteiger partial charge in [0.25, 0.3) is 10.9 Å². The van der Waals surface area contributed by atoms with E-state index in [2.05, 4.69) is 36.7 Å². The molecule has 33 heavy (non-hydrogen) atoms. The highest BCUT2D eigenvalue weighted by atomic mass is 79.9. The molecule has 0 fully saturated rings. The van der Waals surface area contributed by atoms with Crippen molar-refractivity contribution in [2.24, 2.45) is 5.10 Å². The number of hydrogen-bond acceptors (Lipinski definition) is 9. The Morgan fingerprint density at radius 3 is 2.36 bits per heavy atom. The molecule has 164 valence electrons. The first-order valence-electron chi connectivity index (χ1n) is 9.45. The molecule has 0 radical (unpaired) electrons. The van der Waals surface area contributed by atoms with Crippen LogP contribution in [0.25, 0.3) is 11.5 Å². The van der Waals surface area contributed by atoms with Crippen molar-refractivity contribution in [1.29, 1.82) is 0 Å². The van der Waals surface area contributed by atoms with E-state index in [-0.39, 0.29) is 21.7 Å². The molecule has 9 nitrogen and oxygen atoms in total. The highest BCUT2D eigenvalue weighted by Gasteiger charge is 2.20. The normalized spacial score (nSPS) is 11.2. The van der Waals surface area contributed by atoms with E-state index >= 15 is 0 Å². The number of Topliss-reactive ketones (excluding diaryl/α,β-unsaturated/α-hetero) is 1. The molecule has 0 spiro atoms. The summed E-state index contributed by atoms with van der Waals surface area (Å²) >= 11 is 4.30. The molecule has 0 aliphatic rings. The molecule has 0 aliphatic carbocycles. The van der Waals surface area contributed by atoms with Gasteiger partial charge in [-0.1, -0.05) is 46.3 Å². The fraction of sp³-hybridized carbons (Fsp3) is 0. The van der Waals surface area contributed by atoms with Crippen molar-refractivity contribution >= 4 is 49.9 Å². The number of halogens is 1. The van der Waals surface area contributed by atoms with Crippen molar-refractivity contribution in [3.8, 4) is 11.5 Å². The average molecular weight is 524 g/mol. The van der Waals surface area contributed by atoms with Crippen molar-refractivity contribution in [1.82, 2.24) is 10.2 Å². The topological polar surface area (TPSA) is 124 Å². The molecule has 1 heterocycles. The van der Waals surface area contributed by atoms with Crippen LogP contribution in [-0.4, -0.2) is 25.9 Å². The van der Waals surface area contributed by atoms with Gasteiger partial charge in [0.2, 0.25) is 11.7 Å². The van der Waals surface area contributed by atoms with Crippen molar-refractivity contribution in [2.75, 3.05) is 5.43 Å². The summed E-state index contributed by atoms with van der Waals surface area (Å²) in [4.78, 5) is 23.4. The highest BCUT2D eigenvalue weighted by molar-refractivity contribution is 9.10. The van der Waals surface area contributed by atoms with E-state index in [1.165, 1.54) is 24.3 Å². The molecule has 1 aromatic heterocycles. The molecule has 0 aliphatic heterocycles. The van der Waals surface area contributed by atoms with Gasteiger partial charge in [0.05, 0.1) is 10.6 Å². The minimum atomic E-state index is -0.494. The van der Waals surface area contributed by atoms with Gasteiger partial charge in [-0.3, -0.25) is 20.3 Å². The number of anilines is 1. The summed E-state index contributed by atoms with van der Waals surface area (Å²) in [6, 6.07) is 21.7. The zero-order valence-electron chi connectivity index (χ0n) is 16.7. The molecule has 0 saturated heterocycles. The van der Waals surface area contributed by atoms with Crippen LogP contribution in [-0.2, 0) is 0 Å². The van der Waals surface area contributed by atoms with Crippen molar-refractivity contribution in [3.63, 3.8) is 0 Å². The smallest absolute Gasteiger partial charge is 0.283 e. The van der Waals surface area contributed by atoms with Crippen molar-refractivity contribution in [3.05, 3.63) is 99.0 Å². The Labute approximate surface area is 200 Å². The summed E-state index contributed by atoms with van der Waals surface area (Å²) in [6.07, 6.45) is 0. The molecule has 1 N–H and O–H groups in total. The quantitative estimate of drug-likeness (QED) is 0.0803. The fourth-order valence-electron chi connectivity index (χ4n) is 2.65. The molecule has 0 atom stereocenters. The largest absolute Gasteiger partial charge is 0.411 e. The third-order valence-corrected chi connectivity index (χ3v) is 5.61. The minimum absolute atomic E-state index is 0.0502. The number of nitrogens with zero attached hydrogens (tertiary/aromatic N) is 4. The summed E-state index contributed by atoms with van der Waals surface area (Å²) < 4.78 is 6.63. The first-order chi connectivity index (χ1) is 16.0. The van der Waals surface area contributed by atoms with E-state index in [9.17, 15) is 14.9 Å². The monoisotopic (exact) mass is 523 g/mol. The number of non-ortho nitro benzene ring substituents is 1. The second-order valence-corrected chi connectivity index (χ2v) is 8.37. The lowest BCUT2D eigenvalue weighted by atomic mass is 10.1. The standard InChI is InChI=1S/C22H14BrN5O4S/c23-16-8-6-15(7-9-16)20-25-27-22(32-20)33-21(19(29)14-4-2-1-3-5-14)26-24-17-10-12-18(13-11-17)28(30)31/h1-13,24H. The SMILES string of the molecule is O=C(C(=NNc1ccc([N+](=O)[O-])cc1)Sc1nnc(-c2ccc(Br)cc2)o1)c1ccccc1. The van der Waals surface area contributed by atoms with E-state index in [0.29, 0.717) is 17.1 Å². The Kier molecular flexibility index (Phi) is 6.91. The first kappa shape index (κ1) is 22.4. The van der Waals surface area contributed by atoms with Crippen LogP contribution in [0.5, 0.6) is 0 Å². The molecule has 3 aromatic carbocycles. The van der Waals surface area contributed by atoms with Crippen LogP contribution in [0, 0.1) is 10.1 Å². The molecule has 0 unspecified atom stereocenters. The molecule has 0 saturated carbocycles. The Bertz CT molecular complexity index is 1310. The Morgan fingerprint density at radius 1 is 1.00 bits per heavy atom. The van der Waals surface area contributed by atoms with Crippen LogP contribution in [0.4, 0.5) is 11.4 Å². The Balaban J connectivity index is 1.59. The molecule has 11 heteroatoms. The zero-order valence-corrected chi connectivity index (χ0v) is 19.1. The number of aromatic nitrogens is 2. The third-order valence-electron chi connectivity index (χ3n) is 4.28. The van der Waals surface area contributed by atoms with Crippen LogP contribution < -0.4 is 5.43 Å². The maximum absolute atomic E-state index is 13.1. The van der Waals surface area contributed by atoms with Gasteiger partial charge in [0, 0.05) is 27.7 Å². The second kappa shape index (κ2) is 10.2. The van der Waals surface area contributed by atoms with E-state index < -0.39 is 4.92 Å². The number of ketones is 1. The lowest BCUT2D eigenvalue weighted by molar-refractivity contribution is -0.384. The first-order valence-corrected chi connectivity index (χ1v) is 11.1. The molecule has 4 aromatic rings. The zero-order chi connectivity index (χ0) is 23.2. The van der Waals surface area contributed by atoms with Gasteiger partial charge in [0.15, 0.2) is 5.04 Å². The van der Waals surface area contributed by atoms with Gasteiger partial charge < -0.3 is 4.42 Å². The average Bonchev–Trinajstić information content (AvgIpc) is 3.31. The molecule has 0 bridgehead atoms. The Hall–Kier alpha value is -3.83. The molecular weight excluding hydrogens is 510 g/mol. The van der Waals surface area contributed by atoms with Crippen LogP contribution in [0.3, 0.4) is 0 Å². The highest BCUT2D eigenvalue weighted by Crippen LogP contribution is 2.26. The predicted octanol–water partition coefficient (Wildman–Crippen LogP) is 5.81. The summed E-state index contributed by atoms with van der Waals surface area (Å²) in [5.41, 5.74) is 4.34. The van der Waals surface area contributed by atoms with Gasteiger partial charge in [-0.2, -0.15) is 5.10 Å². The number of hydrazone groups is 1. The number of rotatable bonds is 7. The van der Waals surface area contributed by atoms with Crippen molar-refractivity contribution < 1.29 is 14.1 Å². The van der Waals surface area contributed by atoms with E-state index in [1.54, 1.807) is 30.3 Å². The molecular formula is C22H14BrN5O4S. The van der Waals surface area contributed by atoms with E-state index in [1.807, 2.05) is 24.3 Å². The Morgan fingerprint density at radius 2 is 1.70 bits per heavy atom. The van der Waals surface area contributed by atoms with Crippen LogP contribution >= 0.6 is 27.7 Å². The number of hydrogen-bond donors (Lipinski definition) is 1. The third kappa shape index (κ3) is 5.70. The number of thioether (sulfide) groups is 1. The summed E-state index contributed by atoms with van der Waals surface area (Å²) in [5, 5.41) is 23.3. The summed E-state index contributed by atoms with van der Waals surface area (Å²) in [7, 11) is 0. The summed E-state index contributed by atoms with van der Waals surface area (Å²) in [6.45, 7) is 0. The lowest BCUT2D eigenvalue weighted by Crippen LogP contribution is -2.13. The number of benzene rings is 3. The lowest BCUT2D eigenvalue weighted by Gasteiger charge is -2.05. The second-order valence-electron chi connectivity index (χ2n) is 6.51. The number of nitrogens with one attached hydrogen (secondary N) is 1. The maximum atomic E-state index is 13.1. The maximum Gasteiger partial charge on any atom is 0.283 e. The van der Waals surface area contributed by atoms with E-state index in [4.69, 9.17) is 4.42 Å². The number of nitro groups is 1. The van der Waals surface area contributed by atoms with E-state index in [0.717, 1.165) is 21.8 Å². The van der Waals surface area contributed by atoms with Gasteiger partial charge in [-0.25, -0.2) is 0 Å². The number of carbonyl (C=O) groups is 1. The van der Waals surface area contributed by atoms with Crippen LogP contribution in [0.2, 0.25) is 0 Å². The molecule has 0 amide bonds. The van der Waals surface area contributed by atoms with Crippen LogP contribution in [0.1, 0.15) is 10.4 Å². The van der Waals surface area contributed by atoms with Gasteiger partial charge in [-0.05, 0) is 48.2 Å². The molecule has 4 rings (SSSR count). The van der Waals surface area contributed by atoms with Crippen molar-refractivity contribution in [2.45, 2.75) is 5.22 Å². The fourth-order valence-corrected chi connectivity index (χ4v) is 3.58. The number of carbonyl (C=O) groups excluding carboxylic acids is 1. The van der Waals surface area contributed by atoms with Gasteiger partial charge in [0.1, 0.15) is 0 Å². The van der Waals surface area contributed by atoms with Crippen LogP contribution in [0.15, 0.2) is 98.1 Å². The van der Waals surface area contributed by atoms with Gasteiger partial charge >= 0.3 is 0 Å².